The van der Waals surface area contributed by atoms with Crippen molar-refractivity contribution in [1.82, 2.24) is 9.55 Å². The molecule has 0 aliphatic heterocycles. The molecule has 1 heterocycles. The van der Waals surface area contributed by atoms with Crippen molar-refractivity contribution >= 4 is 0 Å². The fraction of sp³-hybridized carbons (Fsp3) is 0.400. The molecule has 2 rings (SSSR count). The summed E-state index contributed by atoms with van der Waals surface area (Å²) in [5, 5.41) is 10.7. The van der Waals surface area contributed by atoms with Crippen molar-refractivity contribution in [3.05, 3.63) is 53.6 Å². The highest BCUT2D eigenvalue weighted by molar-refractivity contribution is 5.32. The molecule has 0 saturated heterocycles. The van der Waals surface area contributed by atoms with E-state index in [1.165, 1.54) is 5.56 Å². The van der Waals surface area contributed by atoms with Gasteiger partial charge in [-0.05, 0) is 31.4 Å². The summed E-state index contributed by atoms with van der Waals surface area (Å²) in [5.41, 5.74) is 1.80. The minimum atomic E-state index is -1.04. The van der Waals surface area contributed by atoms with Gasteiger partial charge in [-0.25, -0.2) is 4.98 Å². The molecular formula is C15H20N2O. The Morgan fingerprint density at radius 1 is 1.22 bits per heavy atom. The topological polar surface area (TPSA) is 38.0 Å². The van der Waals surface area contributed by atoms with E-state index in [-0.39, 0.29) is 0 Å². The monoisotopic (exact) mass is 244 g/mol. The van der Waals surface area contributed by atoms with E-state index in [1.807, 2.05) is 22.9 Å². The molecule has 96 valence electrons. The summed E-state index contributed by atoms with van der Waals surface area (Å²) >= 11 is 0. The van der Waals surface area contributed by atoms with E-state index in [1.54, 1.807) is 13.3 Å². The van der Waals surface area contributed by atoms with Crippen molar-refractivity contribution in [2.24, 2.45) is 0 Å². The van der Waals surface area contributed by atoms with Crippen molar-refractivity contribution in [1.29, 1.82) is 0 Å². The summed E-state index contributed by atoms with van der Waals surface area (Å²) in [4.78, 5) is 4.29. The van der Waals surface area contributed by atoms with Crippen LogP contribution >= 0.6 is 0 Å². The van der Waals surface area contributed by atoms with E-state index in [0.29, 0.717) is 5.69 Å². The standard InChI is InChI=1S/C15H20N2O/c1-4-12-6-8-13(9-7-12)15(3,18)14-10-17(5-2)11-16-14/h6-11,18H,4-5H2,1-3H3. The fourth-order valence-electron chi connectivity index (χ4n) is 2.00. The van der Waals surface area contributed by atoms with Gasteiger partial charge in [0.1, 0.15) is 5.60 Å². The van der Waals surface area contributed by atoms with Crippen molar-refractivity contribution in [3.8, 4) is 0 Å². The van der Waals surface area contributed by atoms with Crippen LogP contribution in [0.5, 0.6) is 0 Å². The summed E-state index contributed by atoms with van der Waals surface area (Å²) < 4.78 is 1.96. The maximum atomic E-state index is 10.7. The zero-order chi connectivity index (χ0) is 13.2. The number of aliphatic hydroxyl groups is 1. The molecule has 0 fully saturated rings. The zero-order valence-electron chi connectivity index (χ0n) is 11.2. The molecule has 0 spiro atoms. The van der Waals surface area contributed by atoms with Gasteiger partial charge in [-0.1, -0.05) is 31.2 Å². The molecule has 18 heavy (non-hydrogen) atoms. The van der Waals surface area contributed by atoms with Crippen molar-refractivity contribution in [2.45, 2.75) is 39.3 Å². The average molecular weight is 244 g/mol. The Morgan fingerprint density at radius 3 is 2.39 bits per heavy atom. The van der Waals surface area contributed by atoms with Crippen LogP contribution in [0.2, 0.25) is 0 Å². The van der Waals surface area contributed by atoms with E-state index in [2.05, 4.69) is 31.0 Å². The van der Waals surface area contributed by atoms with Crippen LogP contribution in [0.25, 0.3) is 0 Å². The molecule has 0 aliphatic carbocycles. The van der Waals surface area contributed by atoms with Crippen LogP contribution in [0.1, 0.15) is 37.6 Å². The van der Waals surface area contributed by atoms with Crippen LogP contribution in [0.4, 0.5) is 0 Å². The fourth-order valence-corrected chi connectivity index (χ4v) is 2.00. The van der Waals surface area contributed by atoms with Gasteiger partial charge in [0.15, 0.2) is 0 Å². The SMILES string of the molecule is CCc1ccc(C(C)(O)c2cn(CC)cn2)cc1. The third-order valence-corrected chi connectivity index (χ3v) is 3.42. The Labute approximate surface area is 108 Å². The number of hydrogen-bond donors (Lipinski definition) is 1. The molecule has 0 radical (unpaired) electrons. The number of imidazole rings is 1. The number of benzene rings is 1. The molecule has 1 aromatic heterocycles. The van der Waals surface area contributed by atoms with Crippen molar-refractivity contribution in [2.75, 3.05) is 0 Å². The van der Waals surface area contributed by atoms with Crippen molar-refractivity contribution < 1.29 is 5.11 Å². The lowest BCUT2D eigenvalue weighted by atomic mass is 9.92. The van der Waals surface area contributed by atoms with Crippen LogP contribution in [0.3, 0.4) is 0 Å². The summed E-state index contributed by atoms with van der Waals surface area (Å²) in [6.07, 6.45) is 4.66. The first kappa shape index (κ1) is 12.8. The lowest BCUT2D eigenvalue weighted by Crippen LogP contribution is -2.23. The third kappa shape index (κ3) is 2.31. The smallest absolute Gasteiger partial charge is 0.130 e. The second-order valence-electron chi connectivity index (χ2n) is 4.71. The molecule has 1 aromatic carbocycles. The third-order valence-electron chi connectivity index (χ3n) is 3.42. The number of aromatic nitrogens is 2. The van der Waals surface area contributed by atoms with Crippen LogP contribution in [0, 0.1) is 0 Å². The average Bonchev–Trinajstić information content (AvgIpc) is 2.88. The highest BCUT2D eigenvalue weighted by atomic mass is 16.3. The second-order valence-corrected chi connectivity index (χ2v) is 4.71. The minimum Gasteiger partial charge on any atom is -0.379 e. The molecule has 1 unspecified atom stereocenters. The van der Waals surface area contributed by atoms with E-state index >= 15 is 0 Å². The van der Waals surface area contributed by atoms with Crippen LogP contribution < -0.4 is 0 Å². The van der Waals surface area contributed by atoms with Gasteiger partial charge < -0.3 is 9.67 Å². The van der Waals surface area contributed by atoms with Gasteiger partial charge in [0.2, 0.25) is 0 Å². The Balaban J connectivity index is 2.33. The first-order chi connectivity index (χ1) is 8.57. The summed E-state index contributed by atoms with van der Waals surface area (Å²) in [7, 11) is 0. The van der Waals surface area contributed by atoms with Gasteiger partial charge in [0, 0.05) is 12.7 Å². The lowest BCUT2D eigenvalue weighted by molar-refractivity contribution is 0.0977. The molecule has 0 bridgehead atoms. The molecule has 1 atom stereocenters. The Bertz CT molecular complexity index is 512. The molecule has 2 aromatic rings. The quantitative estimate of drug-likeness (QED) is 0.898. The van der Waals surface area contributed by atoms with Crippen molar-refractivity contribution in [3.63, 3.8) is 0 Å². The van der Waals surface area contributed by atoms with Gasteiger partial charge in [-0.3, -0.25) is 0 Å². The van der Waals surface area contributed by atoms with Gasteiger partial charge in [0.25, 0.3) is 0 Å². The summed E-state index contributed by atoms with van der Waals surface area (Å²) in [6.45, 7) is 6.82. The number of hydrogen-bond acceptors (Lipinski definition) is 2. The molecule has 3 heteroatoms. The predicted molar refractivity (Wildman–Crippen MR) is 72.4 cm³/mol. The molecular weight excluding hydrogens is 224 g/mol. The lowest BCUT2D eigenvalue weighted by Gasteiger charge is -2.22. The second kappa shape index (κ2) is 4.94. The van der Waals surface area contributed by atoms with Gasteiger partial charge in [-0.15, -0.1) is 0 Å². The highest BCUT2D eigenvalue weighted by Crippen LogP contribution is 2.27. The normalized spacial score (nSPS) is 14.4. The van der Waals surface area contributed by atoms with E-state index in [0.717, 1.165) is 18.5 Å². The molecule has 0 saturated carbocycles. The van der Waals surface area contributed by atoms with Crippen LogP contribution in [-0.4, -0.2) is 14.7 Å². The van der Waals surface area contributed by atoms with E-state index in [9.17, 15) is 5.11 Å². The Morgan fingerprint density at radius 2 is 1.89 bits per heavy atom. The summed E-state index contributed by atoms with van der Waals surface area (Å²) in [6, 6.07) is 8.06. The van der Waals surface area contributed by atoms with Crippen LogP contribution in [0.15, 0.2) is 36.8 Å². The number of rotatable bonds is 4. The molecule has 3 nitrogen and oxygen atoms in total. The molecule has 0 aliphatic rings. The van der Waals surface area contributed by atoms with Gasteiger partial charge >= 0.3 is 0 Å². The van der Waals surface area contributed by atoms with E-state index in [4.69, 9.17) is 0 Å². The number of aryl methyl sites for hydroxylation is 2. The summed E-state index contributed by atoms with van der Waals surface area (Å²) in [5.74, 6) is 0. The molecule has 1 N–H and O–H groups in total. The van der Waals surface area contributed by atoms with Gasteiger partial charge in [-0.2, -0.15) is 0 Å². The zero-order valence-corrected chi connectivity index (χ0v) is 11.2. The number of nitrogens with zero attached hydrogens (tertiary/aromatic N) is 2. The minimum absolute atomic E-state index is 0.689. The predicted octanol–water partition coefficient (Wildman–Crippen LogP) is 2.72. The molecule has 0 amide bonds. The largest absolute Gasteiger partial charge is 0.379 e. The van der Waals surface area contributed by atoms with E-state index < -0.39 is 5.60 Å². The van der Waals surface area contributed by atoms with Crippen LogP contribution in [-0.2, 0) is 18.6 Å². The Kier molecular flexibility index (Phi) is 3.53. The first-order valence-electron chi connectivity index (χ1n) is 6.42. The van der Waals surface area contributed by atoms with Gasteiger partial charge in [0.05, 0.1) is 12.0 Å². The first-order valence-corrected chi connectivity index (χ1v) is 6.42. The maximum absolute atomic E-state index is 10.7. The Hall–Kier alpha value is -1.61. The highest BCUT2D eigenvalue weighted by Gasteiger charge is 2.27. The maximum Gasteiger partial charge on any atom is 0.130 e.